The van der Waals surface area contributed by atoms with E-state index in [9.17, 15) is 0 Å². The van der Waals surface area contributed by atoms with Crippen molar-refractivity contribution in [2.75, 3.05) is 0 Å². The summed E-state index contributed by atoms with van der Waals surface area (Å²) in [6.07, 6.45) is 6.95. The van der Waals surface area contributed by atoms with Crippen molar-refractivity contribution in [3.05, 3.63) is 24.0 Å². The van der Waals surface area contributed by atoms with Gasteiger partial charge >= 0.3 is 0 Å². The van der Waals surface area contributed by atoms with Gasteiger partial charge in [0.05, 0.1) is 29.9 Å². The number of hydrogen-bond donors (Lipinski definition) is 1. The van der Waals surface area contributed by atoms with E-state index in [2.05, 4.69) is 23.9 Å². The van der Waals surface area contributed by atoms with Crippen LogP contribution in [0.15, 0.2) is 12.5 Å². The summed E-state index contributed by atoms with van der Waals surface area (Å²) in [4.78, 5) is 6.79. The molecular formula is C6H5N5S. The molecule has 1 N–H and O–H groups in total. The fourth-order valence-corrected chi connectivity index (χ4v) is 1.06. The molecule has 0 radical (unpaired) electrons. The molecule has 5 nitrogen and oxygen atoms in total. The van der Waals surface area contributed by atoms with E-state index in [-0.39, 0.29) is 0 Å². The Morgan fingerprint density at radius 1 is 1.42 bits per heavy atom. The lowest BCUT2D eigenvalue weighted by molar-refractivity contribution is 1.11. The summed E-state index contributed by atoms with van der Waals surface area (Å²) in [5.74, 6) is 0.620. The number of imidazole rings is 1. The van der Waals surface area contributed by atoms with Crippen molar-refractivity contribution in [2.24, 2.45) is 0 Å². The van der Waals surface area contributed by atoms with Crippen LogP contribution < -0.4 is 0 Å². The third-order valence-corrected chi connectivity index (χ3v) is 1.67. The number of nitrogens with one attached hydrogen (secondary N) is 1. The van der Waals surface area contributed by atoms with Gasteiger partial charge in [0.15, 0.2) is 5.82 Å². The van der Waals surface area contributed by atoms with Gasteiger partial charge < -0.3 is 4.98 Å². The molecule has 0 amide bonds. The monoisotopic (exact) mass is 179 g/mol. The Balaban J connectivity index is 2.14. The van der Waals surface area contributed by atoms with E-state index < -0.39 is 0 Å². The maximum atomic E-state index is 3.91. The highest BCUT2D eigenvalue weighted by Gasteiger charge is 1.90. The minimum absolute atomic E-state index is 0.620. The second-order valence-corrected chi connectivity index (χ2v) is 2.56. The molecule has 0 aromatic carbocycles. The van der Waals surface area contributed by atoms with Gasteiger partial charge in [0, 0.05) is 0 Å². The van der Waals surface area contributed by atoms with Crippen LogP contribution >= 0.6 is 11.7 Å². The number of aromatic nitrogens is 5. The maximum absolute atomic E-state index is 3.91. The standard InChI is InChI=1S/C6H5N5S/c1(5-3-7-4-8-5)2-6-9-11-12-10-6/h1-4H,(H,7,8)/b2-1+. The molecule has 2 rings (SSSR count). The molecule has 12 heavy (non-hydrogen) atoms. The molecule has 0 saturated heterocycles. The smallest absolute Gasteiger partial charge is 0.189 e. The first-order valence-electron chi connectivity index (χ1n) is 3.27. The Bertz CT molecular complexity index is 313. The lowest BCUT2D eigenvalue weighted by atomic mass is 10.4. The molecule has 0 bridgehead atoms. The van der Waals surface area contributed by atoms with Crippen LogP contribution in [0.5, 0.6) is 0 Å². The molecule has 0 aliphatic rings. The molecular weight excluding hydrogens is 174 g/mol. The predicted molar refractivity (Wildman–Crippen MR) is 45.2 cm³/mol. The quantitative estimate of drug-likeness (QED) is 0.741. The van der Waals surface area contributed by atoms with Crippen molar-refractivity contribution < 1.29 is 0 Å². The molecule has 60 valence electrons. The molecule has 2 heterocycles. The normalized spacial score (nSPS) is 11.0. The Morgan fingerprint density at radius 3 is 3.08 bits per heavy atom. The van der Waals surface area contributed by atoms with Gasteiger partial charge in [0.2, 0.25) is 0 Å². The van der Waals surface area contributed by atoms with Crippen LogP contribution in [-0.4, -0.2) is 23.9 Å². The van der Waals surface area contributed by atoms with Gasteiger partial charge in [-0.05, 0) is 12.2 Å². The summed E-state index contributed by atoms with van der Waals surface area (Å²) in [5, 5.41) is 3.75. The molecule has 6 heteroatoms. The van der Waals surface area contributed by atoms with Crippen LogP contribution in [0.25, 0.3) is 12.2 Å². The van der Waals surface area contributed by atoms with Crippen molar-refractivity contribution in [1.82, 2.24) is 23.9 Å². The number of H-pyrrole nitrogens is 1. The average Bonchev–Trinajstić information content (AvgIpc) is 2.74. The first-order valence-corrected chi connectivity index (χ1v) is 4.00. The van der Waals surface area contributed by atoms with E-state index in [1.165, 1.54) is 0 Å². The number of rotatable bonds is 2. The Morgan fingerprint density at radius 2 is 2.42 bits per heavy atom. The van der Waals surface area contributed by atoms with Crippen LogP contribution in [0.3, 0.4) is 0 Å². The first kappa shape index (κ1) is 7.11. The van der Waals surface area contributed by atoms with Crippen LogP contribution in [0.1, 0.15) is 11.5 Å². The predicted octanol–water partition coefficient (Wildman–Crippen LogP) is 0.827. The largest absolute Gasteiger partial charge is 0.345 e. The highest BCUT2D eigenvalue weighted by molar-refractivity contribution is 6.98. The molecule has 0 unspecified atom stereocenters. The van der Waals surface area contributed by atoms with E-state index in [0.29, 0.717) is 5.82 Å². The van der Waals surface area contributed by atoms with Crippen LogP contribution in [0.2, 0.25) is 0 Å². The third kappa shape index (κ3) is 1.54. The second kappa shape index (κ2) is 3.22. The Kier molecular flexibility index (Phi) is 1.91. The van der Waals surface area contributed by atoms with Crippen LogP contribution in [0.4, 0.5) is 0 Å². The maximum Gasteiger partial charge on any atom is 0.189 e. The van der Waals surface area contributed by atoms with E-state index >= 15 is 0 Å². The van der Waals surface area contributed by atoms with Gasteiger partial charge in [-0.3, -0.25) is 0 Å². The average molecular weight is 179 g/mol. The van der Waals surface area contributed by atoms with Crippen LogP contribution in [-0.2, 0) is 0 Å². The van der Waals surface area contributed by atoms with E-state index in [4.69, 9.17) is 0 Å². The zero-order valence-corrected chi connectivity index (χ0v) is 6.82. The van der Waals surface area contributed by atoms with Gasteiger partial charge in [-0.1, -0.05) is 4.49 Å². The van der Waals surface area contributed by atoms with E-state index in [1.54, 1.807) is 18.6 Å². The Hall–Kier alpha value is -1.56. The van der Waals surface area contributed by atoms with E-state index in [0.717, 1.165) is 17.4 Å². The summed E-state index contributed by atoms with van der Waals surface area (Å²) in [7, 11) is 0. The zero-order valence-electron chi connectivity index (χ0n) is 6.01. The highest BCUT2D eigenvalue weighted by Crippen LogP contribution is 1.99. The second-order valence-electron chi connectivity index (χ2n) is 2.05. The Labute approximate surface area is 72.5 Å². The summed E-state index contributed by atoms with van der Waals surface area (Å²) >= 11 is 1.09. The number of hydrogen-bond acceptors (Lipinski definition) is 5. The SMILES string of the molecule is C(=C\c1cnc[nH]1)/c1nnsn1. The van der Waals surface area contributed by atoms with Crippen molar-refractivity contribution >= 4 is 23.9 Å². The summed E-state index contributed by atoms with van der Waals surface area (Å²) in [5.41, 5.74) is 0.921. The molecule has 2 aromatic heterocycles. The lowest BCUT2D eigenvalue weighted by Gasteiger charge is -1.79. The lowest BCUT2D eigenvalue weighted by Crippen LogP contribution is -1.74. The minimum Gasteiger partial charge on any atom is -0.345 e. The van der Waals surface area contributed by atoms with Gasteiger partial charge in [0.1, 0.15) is 0 Å². The number of nitrogens with zero attached hydrogens (tertiary/aromatic N) is 4. The number of aromatic amines is 1. The van der Waals surface area contributed by atoms with Crippen molar-refractivity contribution in [3.63, 3.8) is 0 Å². The van der Waals surface area contributed by atoms with Gasteiger partial charge in [-0.15, -0.1) is 5.10 Å². The molecule has 0 aliphatic heterocycles. The van der Waals surface area contributed by atoms with Crippen molar-refractivity contribution in [3.8, 4) is 0 Å². The molecule has 2 aromatic rings. The molecule has 0 atom stereocenters. The van der Waals surface area contributed by atoms with Gasteiger partial charge in [-0.2, -0.15) is 4.37 Å². The topological polar surface area (TPSA) is 67.3 Å². The summed E-state index contributed by atoms with van der Waals surface area (Å²) in [6.45, 7) is 0. The third-order valence-electron chi connectivity index (χ3n) is 1.25. The molecule has 0 aliphatic carbocycles. The van der Waals surface area contributed by atoms with E-state index in [1.807, 2.05) is 6.08 Å². The highest BCUT2D eigenvalue weighted by atomic mass is 32.1. The van der Waals surface area contributed by atoms with Gasteiger partial charge in [0.25, 0.3) is 0 Å². The fourth-order valence-electron chi connectivity index (χ4n) is 0.724. The zero-order chi connectivity index (χ0) is 8.23. The molecule has 0 spiro atoms. The van der Waals surface area contributed by atoms with Crippen molar-refractivity contribution in [1.29, 1.82) is 0 Å². The van der Waals surface area contributed by atoms with Gasteiger partial charge in [-0.25, -0.2) is 4.98 Å². The molecule has 0 fully saturated rings. The molecule has 0 saturated carbocycles. The van der Waals surface area contributed by atoms with Crippen molar-refractivity contribution in [2.45, 2.75) is 0 Å². The fraction of sp³-hybridized carbons (Fsp3) is 0. The summed E-state index contributed by atoms with van der Waals surface area (Å²) in [6, 6.07) is 0. The first-order chi connectivity index (χ1) is 5.95. The summed E-state index contributed by atoms with van der Waals surface area (Å²) < 4.78 is 7.54. The minimum atomic E-state index is 0.620. The van der Waals surface area contributed by atoms with Crippen LogP contribution in [0, 0.1) is 0 Å².